The second-order valence-electron chi connectivity index (χ2n) is 4.91. The minimum absolute atomic E-state index is 0.100. The normalized spacial score (nSPS) is 18.4. The zero-order valence-corrected chi connectivity index (χ0v) is 13.0. The molecule has 1 unspecified atom stereocenters. The fourth-order valence-electron chi connectivity index (χ4n) is 2.71. The molecule has 1 aromatic carbocycles. The maximum absolute atomic E-state index is 6.09. The molecular weight excluding hydrogens is 318 g/mol. The van der Waals surface area contributed by atoms with Crippen molar-refractivity contribution in [3.05, 3.63) is 45.7 Å². The fourth-order valence-corrected chi connectivity index (χ4v) is 3.09. The Kier molecular flexibility index (Phi) is 3.25. The Morgan fingerprint density at radius 2 is 2.20 bits per heavy atom. The standard InChI is InChI=1S/C14H16BrN5/c1-8-13(9(2)19-18-8)12-7-17-14(16)20(12)11-5-3-4-10(15)6-11/h3-6,12H,7H2,1-2H3,(H2,16,17)(H,18,19). The lowest BCUT2D eigenvalue weighted by Crippen LogP contribution is -2.36. The molecule has 0 bridgehead atoms. The number of anilines is 1. The third-order valence-corrected chi connectivity index (χ3v) is 4.08. The number of benzene rings is 1. The van der Waals surface area contributed by atoms with Crippen molar-refractivity contribution < 1.29 is 0 Å². The van der Waals surface area contributed by atoms with Gasteiger partial charge in [0.1, 0.15) is 0 Å². The van der Waals surface area contributed by atoms with Crippen molar-refractivity contribution >= 4 is 27.6 Å². The molecule has 6 heteroatoms. The first-order chi connectivity index (χ1) is 9.58. The molecule has 0 saturated carbocycles. The van der Waals surface area contributed by atoms with Gasteiger partial charge in [-0.05, 0) is 32.0 Å². The van der Waals surface area contributed by atoms with Gasteiger partial charge in [0, 0.05) is 21.4 Å². The number of nitrogens with zero attached hydrogens (tertiary/aromatic N) is 3. The largest absolute Gasteiger partial charge is 0.369 e. The Balaban J connectivity index is 2.05. The van der Waals surface area contributed by atoms with Crippen molar-refractivity contribution in [3.63, 3.8) is 0 Å². The second kappa shape index (κ2) is 4.94. The van der Waals surface area contributed by atoms with E-state index in [0.29, 0.717) is 12.5 Å². The van der Waals surface area contributed by atoms with Gasteiger partial charge >= 0.3 is 0 Å². The van der Waals surface area contributed by atoms with E-state index in [1.54, 1.807) is 0 Å². The summed E-state index contributed by atoms with van der Waals surface area (Å²) in [7, 11) is 0. The number of halogens is 1. The molecule has 1 atom stereocenters. The van der Waals surface area contributed by atoms with Crippen molar-refractivity contribution in [1.29, 1.82) is 0 Å². The van der Waals surface area contributed by atoms with Crippen LogP contribution in [0.4, 0.5) is 5.69 Å². The third kappa shape index (κ3) is 2.10. The minimum atomic E-state index is 0.100. The fraction of sp³-hybridized carbons (Fsp3) is 0.286. The highest BCUT2D eigenvalue weighted by molar-refractivity contribution is 9.10. The molecule has 3 rings (SSSR count). The molecule has 0 saturated heterocycles. The first kappa shape index (κ1) is 13.2. The van der Waals surface area contributed by atoms with Gasteiger partial charge in [0.2, 0.25) is 0 Å². The number of nitrogens with one attached hydrogen (secondary N) is 1. The van der Waals surface area contributed by atoms with E-state index < -0.39 is 0 Å². The Labute approximate surface area is 126 Å². The van der Waals surface area contributed by atoms with Crippen LogP contribution in [-0.4, -0.2) is 22.7 Å². The monoisotopic (exact) mass is 333 g/mol. The van der Waals surface area contributed by atoms with E-state index in [9.17, 15) is 0 Å². The average molecular weight is 334 g/mol. The molecular formula is C14H16BrN5. The van der Waals surface area contributed by atoms with E-state index in [1.807, 2.05) is 38.1 Å². The molecule has 0 aliphatic carbocycles. The zero-order valence-electron chi connectivity index (χ0n) is 11.4. The number of hydrogen-bond acceptors (Lipinski definition) is 4. The Bertz CT molecular complexity index is 656. The maximum Gasteiger partial charge on any atom is 0.196 e. The van der Waals surface area contributed by atoms with E-state index >= 15 is 0 Å². The molecule has 0 amide bonds. The molecule has 0 spiro atoms. The van der Waals surface area contributed by atoms with Crippen LogP contribution in [0, 0.1) is 13.8 Å². The highest BCUT2D eigenvalue weighted by Crippen LogP contribution is 2.34. The topological polar surface area (TPSA) is 70.3 Å². The molecule has 1 aliphatic heterocycles. The summed E-state index contributed by atoms with van der Waals surface area (Å²) in [4.78, 5) is 6.47. The minimum Gasteiger partial charge on any atom is -0.369 e. The van der Waals surface area contributed by atoms with Gasteiger partial charge in [0.15, 0.2) is 5.96 Å². The van der Waals surface area contributed by atoms with Gasteiger partial charge in [0.25, 0.3) is 0 Å². The lowest BCUT2D eigenvalue weighted by Gasteiger charge is -2.27. The van der Waals surface area contributed by atoms with Crippen LogP contribution in [0.2, 0.25) is 0 Å². The van der Waals surface area contributed by atoms with Crippen LogP contribution in [0.25, 0.3) is 0 Å². The molecule has 2 heterocycles. The number of aryl methyl sites for hydroxylation is 2. The van der Waals surface area contributed by atoms with E-state index in [2.05, 4.69) is 36.0 Å². The first-order valence-corrected chi connectivity index (χ1v) is 7.23. The SMILES string of the molecule is Cc1n[nH]c(C)c1C1CN=C(N)N1c1cccc(Br)c1. The highest BCUT2D eigenvalue weighted by atomic mass is 79.9. The van der Waals surface area contributed by atoms with Gasteiger partial charge in [0.05, 0.1) is 18.3 Å². The van der Waals surface area contributed by atoms with E-state index in [1.165, 1.54) is 5.56 Å². The lowest BCUT2D eigenvalue weighted by molar-refractivity contribution is 0.757. The third-order valence-electron chi connectivity index (χ3n) is 3.59. The van der Waals surface area contributed by atoms with Crippen molar-refractivity contribution in [1.82, 2.24) is 10.2 Å². The highest BCUT2D eigenvalue weighted by Gasteiger charge is 2.32. The molecule has 2 aromatic rings. The van der Waals surface area contributed by atoms with Gasteiger partial charge < -0.3 is 10.6 Å². The number of nitrogens with two attached hydrogens (primary N) is 1. The van der Waals surface area contributed by atoms with Crippen LogP contribution in [0.1, 0.15) is 23.0 Å². The molecule has 0 radical (unpaired) electrons. The van der Waals surface area contributed by atoms with Crippen molar-refractivity contribution in [2.45, 2.75) is 19.9 Å². The van der Waals surface area contributed by atoms with Crippen LogP contribution in [0.3, 0.4) is 0 Å². The summed E-state index contributed by atoms with van der Waals surface area (Å²) in [5.74, 6) is 0.549. The Hall–Kier alpha value is -1.82. The maximum atomic E-state index is 6.09. The second-order valence-corrected chi connectivity index (χ2v) is 5.83. The summed E-state index contributed by atoms with van der Waals surface area (Å²) in [5, 5.41) is 7.31. The summed E-state index contributed by atoms with van der Waals surface area (Å²) in [6.45, 7) is 4.69. The summed E-state index contributed by atoms with van der Waals surface area (Å²) in [5.41, 5.74) is 10.4. The zero-order chi connectivity index (χ0) is 14.3. The van der Waals surface area contributed by atoms with Gasteiger partial charge in [-0.1, -0.05) is 22.0 Å². The van der Waals surface area contributed by atoms with Crippen LogP contribution >= 0.6 is 15.9 Å². The summed E-state index contributed by atoms with van der Waals surface area (Å²) in [6.07, 6.45) is 0. The predicted molar refractivity (Wildman–Crippen MR) is 83.9 cm³/mol. The predicted octanol–water partition coefficient (Wildman–Crippen LogP) is 2.67. The number of aliphatic imine (C=N–C) groups is 1. The molecule has 0 fully saturated rings. The summed E-state index contributed by atoms with van der Waals surface area (Å²) < 4.78 is 1.02. The lowest BCUT2D eigenvalue weighted by atomic mass is 10.0. The van der Waals surface area contributed by atoms with Gasteiger partial charge in [-0.3, -0.25) is 10.1 Å². The van der Waals surface area contributed by atoms with Gasteiger partial charge in [-0.2, -0.15) is 5.10 Å². The summed E-state index contributed by atoms with van der Waals surface area (Å²) in [6, 6.07) is 8.18. The van der Waals surface area contributed by atoms with E-state index in [0.717, 1.165) is 21.5 Å². The Morgan fingerprint density at radius 1 is 1.40 bits per heavy atom. The van der Waals surface area contributed by atoms with Crippen molar-refractivity contribution in [2.75, 3.05) is 11.4 Å². The molecule has 20 heavy (non-hydrogen) atoms. The van der Waals surface area contributed by atoms with Crippen LogP contribution in [0.5, 0.6) is 0 Å². The number of hydrogen-bond donors (Lipinski definition) is 2. The van der Waals surface area contributed by atoms with Gasteiger partial charge in [-0.15, -0.1) is 0 Å². The number of H-pyrrole nitrogens is 1. The van der Waals surface area contributed by atoms with Crippen LogP contribution in [0.15, 0.2) is 33.7 Å². The number of rotatable bonds is 2. The van der Waals surface area contributed by atoms with Gasteiger partial charge in [-0.25, -0.2) is 0 Å². The van der Waals surface area contributed by atoms with Crippen molar-refractivity contribution in [2.24, 2.45) is 10.7 Å². The number of guanidine groups is 1. The molecule has 5 nitrogen and oxygen atoms in total. The summed E-state index contributed by atoms with van der Waals surface area (Å²) >= 11 is 3.50. The van der Waals surface area contributed by atoms with E-state index in [-0.39, 0.29) is 6.04 Å². The molecule has 1 aliphatic rings. The molecule has 104 valence electrons. The smallest absolute Gasteiger partial charge is 0.196 e. The number of aromatic nitrogens is 2. The van der Waals surface area contributed by atoms with E-state index in [4.69, 9.17) is 5.73 Å². The van der Waals surface area contributed by atoms with Crippen LogP contribution < -0.4 is 10.6 Å². The molecule has 1 aromatic heterocycles. The van der Waals surface area contributed by atoms with Crippen molar-refractivity contribution in [3.8, 4) is 0 Å². The molecule has 3 N–H and O–H groups in total. The Morgan fingerprint density at radius 3 is 2.85 bits per heavy atom. The van der Waals surface area contributed by atoms with Crippen LogP contribution in [-0.2, 0) is 0 Å². The quantitative estimate of drug-likeness (QED) is 0.887. The first-order valence-electron chi connectivity index (χ1n) is 6.44. The number of aromatic amines is 1. The average Bonchev–Trinajstić information content (AvgIpc) is 2.93.